The molecule has 130 valence electrons. The lowest BCUT2D eigenvalue weighted by Gasteiger charge is -2.24. The highest BCUT2D eigenvalue weighted by atomic mass is 35.5. The molecular formula is C17H27ClFN3O. The minimum atomic E-state index is -0.788. The molecule has 2 rings (SSSR count). The lowest BCUT2D eigenvalue weighted by atomic mass is 9.96. The number of carbonyl (C=O) groups is 1. The molecule has 1 aromatic carbocycles. The summed E-state index contributed by atoms with van der Waals surface area (Å²) in [6, 6.07) is 6.56. The van der Waals surface area contributed by atoms with Crippen molar-refractivity contribution in [2.24, 2.45) is 11.7 Å². The Kier molecular flexibility index (Phi) is 7.29. The molecule has 2 unspecified atom stereocenters. The number of anilines is 1. The predicted molar refractivity (Wildman–Crippen MR) is 94.5 cm³/mol. The molecular weight excluding hydrogens is 317 g/mol. The van der Waals surface area contributed by atoms with Gasteiger partial charge in [-0.15, -0.1) is 12.4 Å². The highest BCUT2D eigenvalue weighted by Gasteiger charge is 2.29. The zero-order chi connectivity index (χ0) is 16.2. The van der Waals surface area contributed by atoms with Crippen LogP contribution in [0, 0.1) is 11.7 Å². The highest BCUT2D eigenvalue weighted by Crippen LogP contribution is 2.23. The maximum Gasteiger partial charge on any atom is 0.239 e. The van der Waals surface area contributed by atoms with Gasteiger partial charge in [-0.1, -0.05) is 13.3 Å². The van der Waals surface area contributed by atoms with Crippen molar-refractivity contribution >= 4 is 24.0 Å². The number of rotatable bonds is 6. The second-order valence-electron chi connectivity index (χ2n) is 6.45. The summed E-state index contributed by atoms with van der Waals surface area (Å²) in [5, 5.41) is 2.98. The molecule has 1 amide bonds. The molecule has 0 spiro atoms. The van der Waals surface area contributed by atoms with Crippen molar-refractivity contribution in [3.8, 4) is 0 Å². The van der Waals surface area contributed by atoms with E-state index in [2.05, 4.69) is 10.2 Å². The van der Waals surface area contributed by atoms with Crippen LogP contribution in [0.25, 0.3) is 0 Å². The van der Waals surface area contributed by atoms with E-state index in [0.717, 1.165) is 31.6 Å². The van der Waals surface area contributed by atoms with E-state index in [4.69, 9.17) is 5.73 Å². The summed E-state index contributed by atoms with van der Waals surface area (Å²) in [4.78, 5) is 14.3. The molecule has 1 fully saturated rings. The third kappa shape index (κ3) is 5.36. The molecule has 23 heavy (non-hydrogen) atoms. The van der Waals surface area contributed by atoms with Gasteiger partial charge in [-0.3, -0.25) is 4.79 Å². The number of hydrogen-bond donors (Lipinski definition) is 2. The zero-order valence-electron chi connectivity index (χ0n) is 13.8. The fourth-order valence-electron chi connectivity index (χ4n) is 2.96. The number of amides is 1. The van der Waals surface area contributed by atoms with Crippen LogP contribution in [0.1, 0.15) is 33.1 Å². The summed E-state index contributed by atoms with van der Waals surface area (Å²) in [5.41, 5.74) is 6.27. The maximum atomic E-state index is 13.0. The zero-order valence-corrected chi connectivity index (χ0v) is 14.7. The van der Waals surface area contributed by atoms with Gasteiger partial charge in [0.15, 0.2) is 0 Å². The van der Waals surface area contributed by atoms with Gasteiger partial charge in [-0.2, -0.15) is 0 Å². The van der Waals surface area contributed by atoms with Gasteiger partial charge < -0.3 is 16.0 Å². The van der Waals surface area contributed by atoms with Crippen LogP contribution in [0.4, 0.5) is 10.1 Å². The second kappa shape index (κ2) is 8.50. The van der Waals surface area contributed by atoms with Gasteiger partial charge >= 0.3 is 0 Å². The Morgan fingerprint density at radius 3 is 2.70 bits per heavy atom. The van der Waals surface area contributed by atoms with Crippen molar-refractivity contribution in [3.63, 3.8) is 0 Å². The normalized spacial score (nSPS) is 19.8. The third-order valence-electron chi connectivity index (χ3n) is 4.32. The molecule has 0 saturated carbocycles. The minimum Gasteiger partial charge on any atom is -0.371 e. The van der Waals surface area contributed by atoms with Crippen molar-refractivity contribution in [2.45, 2.75) is 38.6 Å². The third-order valence-corrected chi connectivity index (χ3v) is 4.32. The first-order chi connectivity index (χ1) is 10.4. The molecule has 0 aliphatic carbocycles. The molecule has 0 radical (unpaired) electrons. The Hall–Kier alpha value is -1.33. The molecule has 2 atom stereocenters. The first-order valence-corrected chi connectivity index (χ1v) is 8.00. The highest BCUT2D eigenvalue weighted by molar-refractivity contribution is 5.85. The van der Waals surface area contributed by atoms with Crippen LogP contribution in [0.2, 0.25) is 0 Å². The van der Waals surface area contributed by atoms with E-state index in [1.165, 1.54) is 12.1 Å². The van der Waals surface area contributed by atoms with Crippen LogP contribution in [0.5, 0.6) is 0 Å². The van der Waals surface area contributed by atoms with Crippen molar-refractivity contribution in [2.75, 3.05) is 24.5 Å². The average Bonchev–Trinajstić information content (AvgIpc) is 2.94. The Morgan fingerprint density at radius 1 is 1.43 bits per heavy atom. The van der Waals surface area contributed by atoms with Crippen LogP contribution >= 0.6 is 12.4 Å². The van der Waals surface area contributed by atoms with Crippen molar-refractivity contribution in [1.29, 1.82) is 0 Å². The van der Waals surface area contributed by atoms with Crippen LogP contribution < -0.4 is 16.0 Å². The number of nitrogens with one attached hydrogen (secondary N) is 1. The monoisotopic (exact) mass is 343 g/mol. The lowest BCUT2D eigenvalue weighted by molar-refractivity contribution is -0.126. The number of nitrogens with two attached hydrogens (primary N) is 1. The fourth-order valence-corrected chi connectivity index (χ4v) is 2.96. The van der Waals surface area contributed by atoms with Gasteiger partial charge in [-0.25, -0.2) is 4.39 Å². The van der Waals surface area contributed by atoms with E-state index in [1.807, 2.05) is 6.92 Å². The topological polar surface area (TPSA) is 58.4 Å². The Morgan fingerprint density at radius 2 is 2.09 bits per heavy atom. The lowest BCUT2D eigenvalue weighted by Crippen LogP contribution is -2.52. The number of halogens is 2. The summed E-state index contributed by atoms with van der Waals surface area (Å²) in [7, 11) is 0. The van der Waals surface area contributed by atoms with E-state index in [9.17, 15) is 9.18 Å². The molecule has 0 bridgehead atoms. The number of carbonyl (C=O) groups excluding carboxylic acids is 1. The Labute approximate surface area is 144 Å². The number of hydrogen-bond acceptors (Lipinski definition) is 3. The summed E-state index contributed by atoms with van der Waals surface area (Å²) in [6.45, 7) is 6.26. The van der Waals surface area contributed by atoms with Crippen molar-refractivity contribution in [1.82, 2.24) is 5.32 Å². The summed E-state index contributed by atoms with van der Waals surface area (Å²) in [5.74, 6) is 0.117. The Bertz CT molecular complexity index is 507. The second-order valence-corrected chi connectivity index (χ2v) is 6.45. The van der Waals surface area contributed by atoms with Crippen molar-refractivity contribution in [3.05, 3.63) is 30.1 Å². The fraction of sp³-hybridized carbons (Fsp3) is 0.588. The van der Waals surface area contributed by atoms with Crippen LogP contribution in [-0.4, -0.2) is 31.1 Å². The summed E-state index contributed by atoms with van der Waals surface area (Å²) in [6.07, 6.45) is 2.60. The van der Waals surface area contributed by atoms with E-state index < -0.39 is 5.54 Å². The molecule has 1 aliphatic rings. The molecule has 0 aromatic heterocycles. The average molecular weight is 344 g/mol. The van der Waals surface area contributed by atoms with Gasteiger partial charge in [0.25, 0.3) is 0 Å². The van der Waals surface area contributed by atoms with Crippen LogP contribution in [0.3, 0.4) is 0 Å². The van der Waals surface area contributed by atoms with E-state index in [0.29, 0.717) is 18.9 Å². The summed E-state index contributed by atoms with van der Waals surface area (Å²) < 4.78 is 13.0. The van der Waals surface area contributed by atoms with E-state index in [-0.39, 0.29) is 24.1 Å². The van der Waals surface area contributed by atoms with Gasteiger partial charge in [0.05, 0.1) is 5.54 Å². The molecule has 3 N–H and O–H groups in total. The quantitative estimate of drug-likeness (QED) is 0.835. The number of nitrogens with zero attached hydrogens (tertiary/aromatic N) is 1. The largest absolute Gasteiger partial charge is 0.371 e. The number of benzene rings is 1. The smallest absolute Gasteiger partial charge is 0.239 e. The summed E-state index contributed by atoms with van der Waals surface area (Å²) >= 11 is 0. The molecule has 4 nitrogen and oxygen atoms in total. The molecule has 1 heterocycles. The molecule has 1 aromatic rings. The first-order valence-electron chi connectivity index (χ1n) is 8.00. The Balaban J connectivity index is 0.00000264. The predicted octanol–water partition coefficient (Wildman–Crippen LogP) is 2.71. The molecule has 6 heteroatoms. The standard InChI is InChI=1S/C17H26FN3O.ClH/c1-3-9-17(2,19)16(22)20-11-13-8-10-21(12-13)15-6-4-14(18)5-7-15;/h4-7,13H,3,8-12,19H2,1-2H3,(H,20,22);1H. The van der Waals surface area contributed by atoms with Gasteiger partial charge in [0.1, 0.15) is 5.82 Å². The maximum absolute atomic E-state index is 13.0. The van der Waals surface area contributed by atoms with E-state index in [1.54, 1.807) is 19.1 Å². The van der Waals surface area contributed by atoms with Crippen molar-refractivity contribution < 1.29 is 9.18 Å². The molecule has 1 saturated heterocycles. The SMILES string of the molecule is CCCC(C)(N)C(=O)NCC1CCN(c2ccc(F)cc2)C1.Cl. The van der Waals surface area contributed by atoms with Gasteiger partial charge in [0.2, 0.25) is 5.91 Å². The molecule has 1 aliphatic heterocycles. The first kappa shape index (κ1) is 19.7. The van der Waals surface area contributed by atoms with Gasteiger partial charge in [0, 0.05) is 25.3 Å². The van der Waals surface area contributed by atoms with Crippen LogP contribution in [-0.2, 0) is 4.79 Å². The van der Waals surface area contributed by atoms with Crippen LogP contribution in [0.15, 0.2) is 24.3 Å². The van der Waals surface area contributed by atoms with Gasteiger partial charge in [-0.05, 0) is 49.9 Å². The minimum absolute atomic E-state index is 0. The van der Waals surface area contributed by atoms with E-state index >= 15 is 0 Å².